The Balaban J connectivity index is 0.000000152. The second-order valence-corrected chi connectivity index (χ2v) is 39.2. The first-order chi connectivity index (χ1) is 69.9. The molecule has 16 aromatic rings. The minimum Gasteiger partial charge on any atom is -0.497 e. The molecule has 0 radical (unpaired) electrons. The van der Waals surface area contributed by atoms with Gasteiger partial charge in [-0.1, -0.05) is 107 Å². The Hall–Kier alpha value is -16.9. The van der Waals surface area contributed by atoms with Crippen LogP contribution >= 0.6 is 0 Å². The summed E-state index contributed by atoms with van der Waals surface area (Å²) in [4.78, 5) is 36.0. The van der Waals surface area contributed by atoms with Crippen molar-refractivity contribution >= 4 is 121 Å². The van der Waals surface area contributed by atoms with Crippen LogP contribution in [0.15, 0.2) is 237 Å². The Morgan fingerprint density at radius 2 is 0.717 bits per heavy atom. The molecule has 5 aromatic heterocycles. The van der Waals surface area contributed by atoms with Crippen molar-refractivity contribution in [1.82, 2.24) is 22.8 Å². The van der Waals surface area contributed by atoms with E-state index in [4.69, 9.17) is 33.2 Å². The van der Waals surface area contributed by atoms with Gasteiger partial charge in [-0.15, -0.1) is 0 Å². The maximum absolute atomic E-state index is 12.6. The summed E-state index contributed by atoms with van der Waals surface area (Å²) in [6, 6.07) is 85.0. The van der Waals surface area contributed by atoms with Crippen LogP contribution in [0.25, 0.3) is 111 Å². The summed E-state index contributed by atoms with van der Waals surface area (Å²) in [7, 11) is 2.90. The summed E-state index contributed by atoms with van der Waals surface area (Å²) in [5.41, 5.74) is 20.6. The Kier molecular flexibility index (Phi) is 34.2. The van der Waals surface area contributed by atoms with Crippen molar-refractivity contribution in [3.05, 3.63) is 270 Å². The van der Waals surface area contributed by atoms with Crippen LogP contribution in [0.2, 0.25) is 0 Å². The van der Waals surface area contributed by atoms with Gasteiger partial charge in [0.15, 0.2) is 11.5 Å². The van der Waals surface area contributed by atoms with Gasteiger partial charge < -0.3 is 66.6 Å². The molecule has 11 aromatic carbocycles. The third-order valence-electron chi connectivity index (χ3n) is 24.9. The first-order valence-corrected chi connectivity index (χ1v) is 50.9. The van der Waals surface area contributed by atoms with E-state index in [-0.39, 0.29) is 30.5 Å². The maximum Gasteiger partial charge on any atom is 0.411 e. The highest BCUT2D eigenvalue weighted by atomic mass is 32.2. The van der Waals surface area contributed by atoms with Crippen molar-refractivity contribution < 1.29 is 64.4 Å². The van der Waals surface area contributed by atoms with E-state index in [0.717, 1.165) is 191 Å². The van der Waals surface area contributed by atoms with Crippen molar-refractivity contribution in [2.45, 2.75) is 146 Å². The number of hydrogen-bond donors (Lipinski definition) is 3. The summed E-state index contributed by atoms with van der Waals surface area (Å²) in [5.74, 6) is 3.99. The molecule has 0 spiro atoms. The molecule has 0 atom stereocenters. The molecule has 744 valence electrons. The SMILES string of the molecule is CCC(=O)Nc1ccc(-c2c(C#N)c3ccc(OC)cc3n2CC)cc1.CCCn1c(-c2ccc(N(C)S(=O)(=O)C(C)C)cc2)c(C#N)c2ccc(OC)cc21.CCCn1c(-c2ccc(N(C)S(=O)(=O)CC)cc2)c(C#N)c2ccc(OC)cc21.CCCn1c(-c2ccc(NC(=O)OC(C)C)cc2)c(C#N)c2ccc(OC)cc21.CCn1c(-c2ccc(NC(=O)c3ccc4c(c3)OCO4)cc2)c(C#N)c2ccccc21. The van der Waals surface area contributed by atoms with Crippen molar-refractivity contribution in [3.8, 4) is 121 Å². The van der Waals surface area contributed by atoms with Crippen LogP contribution in [0.4, 0.5) is 33.2 Å². The Morgan fingerprint density at radius 3 is 1.06 bits per heavy atom. The monoisotopic (exact) mass is 1980 g/mol. The minimum absolute atomic E-state index is 0.0229. The fraction of sp³-hybridized carbons (Fsp3) is 0.263. The lowest BCUT2D eigenvalue weighted by Crippen LogP contribution is -2.32. The first-order valence-electron chi connectivity index (χ1n) is 47.8. The predicted octanol–water partition coefficient (Wildman–Crippen LogP) is 24.5. The Labute approximate surface area is 845 Å². The van der Waals surface area contributed by atoms with Crippen LogP contribution < -0.4 is 53.0 Å². The van der Waals surface area contributed by atoms with Crippen LogP contribution in [0.1, 0.15) is 140 Å². The van der Waals surface area contributed by atoms with E-state index in [1.54, 1.807) is 120 Å². The van der Waals surface area contributed by atoms with Crippen LogP contribution in [0.5, 0.6) is 34.5 Å². The van der Waals surface area contributed by atoms with E-state index >= 15 is 0 Å². The van der Waals surface area contributed by atoms with E-state index in [1.807, 2.05) is 201 Å². The van der Waals surface area contributed by atoms with E-state index in [0.29, 0.717) is 74.1 Å². The van der Waals surface area contributed by atoms with Gasteiger partial charge in [-0.25, -0.2) is 21.6 Å². The van der Waals surface area contributed by atoms with Gasteiger partial charge in [0, 0.05) is 133 Å². The minimum atomic E-state index is -3.40. The average Bonchev–Trinajstić information content (AvgIpc) is 1.61. The highest BCUT2D eigenvalue weighted by Gasteiger charge is 2.29. The van der Waals surface area contributed by atoms with Crippen molar-refractivity contribution in [2.24, 2.45) is 0 Å². The number of nitrogens with one attached hydrogen (secondary N) is 3. The van der Waals surface area contributed by atoms with Crippen molar-refractivity contribution in [2.75, 3.05) is 79.6 Å². The van der Waals surface area contributed by atoms with Crippen molar-refractivity contribution in [3.63, 3.8) is 0 Å². The summed E-state index contributed by atoms with van der Waals surface area (Å²) < 4.78 is 99.7. The molecule has 0 saturated carbocycles. The number of rotatable bonds is 29. The number of aromatic nitrogens is 5. The number of para-hydroxylation sites is 1. The Morgan fingerprint density at radius 1 is 0.386 bits per heavy atom. The lowest BCUT2D eigenvalue weighted by atomic mass is 10.1. The number of benzene rings is 11. The van der Waals surface area contributed by atoms with Crippen LogP contribution in [0, 0.1) is 56.7 Å². The normalized spacial score (nSPS) is 11.3. The van der Waals surface area contributed by atoms with E-state index in [2.05, 4.69) is 104 Å². The second-order valence-electron chi connectivity index (χ2n) is 34.4. The molecule has 0 fully saturated rings. The fourth-order valence-corrected chi connectivity index (χ4v) is 19.6. The maximum atomic E-state index is 12.6. The summed E-state index contributed by atoms with van der Waals surface area (Å²) in [5, 5.41) is 61.7. The van der Waals surface area contributed by atoms with E-state index in [9.17, 15) is 57.5 Å². The van der Waals surface area contributed by atoms with E-state index < -0.39 is 31.4 Å². The molecular weight excluding hydrogens is 1870 g/mol. The number of fused-ring (bicyclic) bond motifs is 6. The molecule has 145 heavy (non-hydrogen) atoms. The number of nitrogens with zero attached hydrogens (tertiary/aromatic N) is 12. The second kappa shape index (κ2) is 47.1. The van der Waals surface area contributed by atoms with Gasteiger partial charge in [0.05, 0.1) is 135 Å². The third-order valence-corrected chi connectivity index (χ3v) is 28.9. The molecule has 17 rings (SSSR count). The molecule has 1 aliphatic rings. The zero-order valence-electron chi connectivity index (χ0n) is 84.3. The topological polar surface area (TPSA) is 370 Å². The number of sulfonamides is 2. The molecule has 29 nitrogen and oxygen atoms in total. The number of carbonyl (C=O) groups is 3. The third kappa shape index (κ3) is 22.5. The lowest BCUT2D eigenvalue weighted by Gasteiger charge is -2.22. The quantitative estimate of drug-likeness (QED) is 0.0392. The number of hydrogen-bond acceptors (Lipinski definition) is 19. The molecule has 0 bridgehead atoms. The van der Waals surface area contributed by atoms with Gasteiger partial charge >= 0.3 is 6.09 Å². The Bertz CT molecular complexity index is 7940. The highest BCUT2D eigenvalue weighted by Crippen LogP contribution is 2.44. The summed E-state index contributed by atoms with van der Waals surface area (Å²) in [6.45, 7) is 24.7. The largest absolute Gasteiger partial charge is 0.497 e. The standard InChI is InChI=1S/C25H19N3O3.C23H27N3O3S.C23H25N3O3.C22H25N3O3S.C21H21N3O2/c1-2-28-21-6-4-3-5-19(21)20(14-26)24(28)16-7-10-18(11-8-16)27-25(29)17-9-12-22-23(13-17)31-15-30-22;1-6-13-26-22-14-19(29-5)11-12-20(22)21(15-24)23(26)17-7-9-18(10-8-17)25(4)30(27,28)16(2)3;1-5-12-26-21-13-18(28-4)10-11-19(21)20(14-24)22(26)16-6-8-17(9-7-16)25-23(27)29-15(2)3;1-5-13-25-21-14-18(28-4)11-12-19(21)20(15-23)22(25)16-7-9-17(10-8-16)24(3)29(26,27)6-2;1-4-20(25)23-15-8-6-14(7-9-15)21-18(13-22)17-11-10-16(26-3)12-19(17)24(21)5-2/h3-13H,2,15H2,1H3,(H,27,29);7-12,14,16H,6,13H2,1-5H3;6-11,13,15H,5,12H2,1-4H3,(H,25,27);7-12,14H,5-6,13H2,1-4H3;6-12H,4-5H2,1-3H3,(H,23,25). The number of aryl methyl sites for hydroxylation is 5. The molecule has 1 aliphatic heterocycles. The van der Waals surface area contributed by atoms with Gasteiger partial charge in [0.25, 0.3) is 5.91 Å². The molecule has 0 saturated heterocycles. The highest BCUT2D eigenvalue weighted by molar-refractivity contribution is 7.93. The number of amides is 3. The van der Waals surface area contributed by atoms with Gasteiger partial charge in [0.1, 0.15) is 53.3 Å². The molecule has 3 N–H and O–H groups in total. The molecule has 6 heterocycles. The van der Waals surface area contributed by atoms with E-state index in [1.165, 1.54) is 8.61 Å². The number of carbonyl (C=O) groups excluding carboxylic acids is 3. The number of ether oxygens (including phenoxy) is 7. The zero-order chi connectivity index (χ0) is 104. The van der Waals surface area contributed by atoms with Crippen LogP contribution in [0.3, 0.4) is 0 Å². The molecular formula is C114H117N15O14S2. The smallest absolute Gasteiger partial charge is 0.411 e. The van der Waals surface area contributed by atoms with Gasteiger partial charge in [0.2, 0.25) is 32.7 Å². The number of methoxy groups -OCH3 is 4. The molecule has 31 heteroatoms. The van der Waals surface area contributed by atoms with Crippen molar-refractivity contribution in [1.29, 1.82) is 26.3 Å². The molecule has 3 amide bonds. The van der Waals surface area contributed by atoms with Gasteiger partial charge in [-0.3, -0.25) is 23.5 Å². The van der Waals surface area contributed by atoms with Crippen LogP contribution in [-0.4, -0.2) is 124 Å². The summed E-state index contributed by atoms with van der Waals surface area (Å²) >= 11 is 0. The molecule has 0 aliphatic carbocycles. The average molecular weight is 1990 g/mol. The zero-order valence-corrected chi connectivity index (χ0v) is 86.0. The van der Waals surface area contributed by atoms with Gasteiger partial charge in [-0.2, -0.15) is 26.3 Å². The van der Waals surface area contributed by atoms with Crippen LogP contribution in [-0.2, 0) is 62.3 Å². The fourth-order valence-electron chi connectivity index (χ4n) is 17.7. The number of anilines is 5. The predicted molar refractivity (Wildman–Crippen MR) is 574 cm³/mol. The summed E-state index contributed by atoms with van der Waals surface area (Å²) in [6.07, 6.45) is 2.51. The lowest BCUT2D eigenvalue weighted by molar-refractivity contribution is -0.115. The number of nitriles is 5. The molecule has 0 unspecified atom stereocenters. The first kappa shape index (κ1) is 105. The van der Waals surface area contributed by atoms with Gasteiger partial charge in [-0.05, 0) is 229 Å².